The maximum Gasteiger partial charge on any atom is 0.405 e. The quantitative estimate of drug-likeness (QED) is 0.894. The van der Waals surface area contributed by atoms with Crippen molar-refractivity contribution in [1.29, 1.82) is 0 Å². The zero-order chi connectivity index (χ0) is 14.4. The van der Waals surface area contributed by atoms with Gasteiger partial charge < -0.3 is 14.9 Å². The number of nitrogens with one attached hydrogen (secondary N) is 1. The van der Waals surface area contributed by atoms with Crippen molar-refractivity contribution < 1.29 is 14.4 Å². The molecule has 0 saturated heterocycles. The van der Waals surface area contributed by atoms with Gasteiger partial charge >= 0.3 is 6.09 Å². The van der Waals surface area contributed by atoms with Gasteiger partial charge in [0.25, 0.3) is 0 Å². The summed E-state index contributed by atoms with van der Waals surface area (Å²) in [7, 11) is 0. The maximum absolute atomic E-state index is 10.8. The molecule has 0 aromatic carbocycles. The number of hydrogen-bond acceptors (Lipinski definition) is 5. The average molecular weight is 286 g/mol. The molecule has 0 bridgehead atoms. The molecule has 4 rings (SSSR count). The molecule has 2 heterocycles. The second-order valence-electron chi connectivity index (χ2n) is 5.67. The highest BCUT2D eigenvalue weighted by atomic mass is 16.5. The number of amides is 1. The Hall–Kier alpha value is -2.44. The lowest BCUT2D eigenvalue weighted by Gasteiger charge is -2.14. The first-order valence-corrected chi connectivity index (χ1v) is 6.98. The van der Waals surface area contributed by atoms with E-state index in [1.807, 2.05) is 12.1 Å². The molecule has 7 nitrogen and oxygen atoms in total. The van der Waals surface area contributed by atoms with E-state index in [-0.39, 0.29) is 0 Å². The summed E-state index contributed by atoms with van der Waals surface area (Å²) in [5.41, 5.74) is 1.00. The second kappa shape index (κ2) is 4.28. The molecule has 2 aliphatic rings. The number of hydrogen-bond donors (Lipinski definition) is 2. The Kier molecular flexibility index (Phi) is 2.51. The third-order valence-corrected chi connectivity index (χ3v) is 3.98. The number of aromatic nitrogens is 3. The molecule has 2 aromatic heterocycles. The smallest absolute Gasteiger partial charge is 0.405 e. The fraction of sp³-hybridized carbons (Fsp3) is 0.429. The Labute approximate surface area is 120 Å². The molecule has 0 atom stereocenters. The molecule has 21 heavy (non-hydrogen) atoms. The van der Waals surface area contributed by atoms with E-state index in [2.05, 4.69) is 20.4 Å². The molecule has 2 aliphatic carbocycles. The normalized spacial score (nSPS) is 19.2. The fourth-order valence-corrected chi connectivity index (χ4v) is 2.43. The van der Waals surface area contributed by atoms with Crippen LogP contribution >= 0.6 is 0 Å². The monoisotopic (exact) mass is 286 g/mol. The Morgan fingerprint density at radius 1 is 1.38 bits per heavy atom. The molecule has 0 unspecified atom stereocenters. The van der Waals surface area contributed by atoms with E-state index in [0.717, 1.165) is 36.9 Å². The number of rotatable bonds is 4. The van der Waals surface area contributed by atoms with Crippen molar-refractivity contribution in [2.24, 2.45) is 0 Å². The lowest BCUT2D eigenvalue weighted by atomic mass is 10.1. The summed E-state index contributed by atoms with van der Waals surface area (Å²) in [6.45, 7) is 0. The standard InChI is InChI=1S/C14H14N4O3/c19-13(20)17-14(5-6-14)10-4-3-9(7-15-10)11-16-12(21-18-11)8-1-2-8/h3-4,7-8,17H,1-2,5-6H2,(H,19,20). The summed E-state index contributed by atoms with van der Waals surface area (Å²) in [6, 6.07) is 3.68. The van der Waals surface area contributed by atoms with Crippen molar-refractivity contribution in [3.8, 4) is 11.4 Å². The van der Waals surface area contributed by atoms with E-state index in [9.17, 15) is 4.79 Å². The Balaban J connectivity index is 1.56. The van der Waals surface area contributed by atoms with Crippen LogP contribution in [0.4, 0.5) is 4.79 Å². The third kappa shape index (κ3) is 2.24. The van der Waals surface area contributed by atoms with Crippen LogP contribution in [0.5, 0.6) is 0 Å². The number of pyridine rings is 1. The van der Waals surface area contributed by atoms with Gasteiger partial charge in [0.15, 0.2) is 0 Å². The van der Waals surface area contributed by atoms with Gasteiger partial charge in [0.2, 0.25) is 11.7 Å². The molecule has 1 amide bonds. The molecule has 0 radical (unpaired) electrons. The van der Waals surface area contributed by atoms with E-state index >= 15 is 0 Å². The number of nitrogens with zero attached hydrogens (tertiary/aromatic N) is 3. The van der Waals surface area contributed by atoms with Crippen molar-refractivity contribution in [3.05, 3.63) is 29.9 Å². The van der Waals surface area contributed by atoms with Gasteiger partial charge in [-0.3, -0.25) is 4.98 Å². The first-order chi connectivity index (χ1) is 10.2. The van der Waals surface area contributed by atoms with Crippen LogP contribution in [0.15, 0.2) is 22.9 Å². The van der Waals surface area contributed by atoms with Crippen LogP contribution in [0.3, 0.4) is 0 Å². The predicted octanol–water partition coefficient (Wildman–Crippen LogP) is 2.27. The molecule has 2 N–H and O–H groups in total. The first kappa shape index (κ1) is 12.3. The number of carbonyl (C=O) groups is 1. The largest absolute Gasteiger partial charge is 0.465 e. The van der Waals surface area contributed by atoms with Crippen molar-refractivity contribution in [3.63, 3.8) is 0 Å². The minimum atomic E-state index is -1.02. The van der Waals surface area contributed by atoms with Crippen LogP contribution in [-0.2, 0) is 5.54 Å². The van der Waals surface area contributed by atoms with Gasteiger partial charge in [-0.25, -0.2) is 4.79 Å². The summed E-state index contributed by atoms with van der Waals surface area (Å²) in [5, 5.41) is 15.4. The molecule has 2 fully saturated rings. The summed E-state index contributed by atoms with van der Waals surface area (Å²) in [5.74, 6) is 1.65. The van der Waals surface area contributed by atoms with Gasteiger partial charge in [-0.1, -0.05) is 5.16 Å². The van der Waals surface area contributed by atoms with Crippen LogP contribution in [0.1, 0.15) is 43.2 Å². The molecule has 108 valence electrons. The predicted molar refractivity (Wildman–Crippen MR) is 71.6 cm³/mol. The van der Waals surface area contributed by atoms with Crippen molar-refractivity contribution >= 4 is 6.09 Å². The summed E-state index contributed by atoms with van der Waals surface area (Å²) < 4.78 is 5.23. The average Bonchev–Trinajstić information content (AvgIpc) is 3.40. The summed E-state index contributed by atoms with van der Waals surface area (Å²) >= 11 is 0. The van der Waals surface area contributed by atoms with Crippen molar-refractivity contribution in [1.82, 2.24) is 20.4 Å². The molecule has 2 saturated carbocycles. The van der Waals surface area contributed by atoms with Gasteiger partial charge in [-0.15, -0.1) is 0 Å². The minimum Gasteiger partial charge on any atom is -0.465 e. The second-order valence-corrected chi connectivity index (χ2v) is 5.67. The van der Waals surface area contributed by atoms with Crippen LogP contribution in [0.25, 0.3) is 11.4 Å². The molecular formula is C14H14N4O3. The molecular weight excluding hydrogens is 272 g/mol. The van der Waals surface area contributed by atoms with E-state index in [1.165, 1.54) is 0 Å². The van der Waals surface area contributed by atoms with E-state index in [0.29, 0.717) is 17.6 Å². The lowest BCUT2D eigenvalue weighted by molar-refractivity contribution is 0.188. The zero-order valence-electron chi connectivity index (χ0n) is 11.2. The van der Waals surface area contributed by atoms with Crippen LogP contribution in [0.2, 0.25) is 0 Å². The highest BCUT2D eigenvalue weighted by Crippen LogP contribution is 2.44. The number of carboxylic acid groups (broad SMARTS) is 1. The van der Waals surface area contributed by atoms with Crippen molar-refractivity contribution in [2.75, 3.05) is 0 Å². The van der Waals surface area contributed by atoms with E-state index < -0.39 is 11.6 Å². The Morgan fingerprint density at radius 2 is 2.19 bits per heavy atom. The van der Waals surface area contributed by atoms with E-state index in [4.69, 9.17) is 9.63 Å². The summed E-state index contributed by atoms with van der Waals surface area (Å²) in [4.78, 5) is 19.6. The van der Waals surface area contributed by atoms with Crippen molar-refractivity contribution in [2.45, 2.75) is 37.1 Å². The fourth-order valence-electron chi connectivity index (χ4n) is 2.43. The van der Waals surface area contributed by atoms with Gasteiger partial charge in [0.05, 0.1) is 11.2 Å². The zero-order valence-corrected chi connectivity index (χ0v) is 11.2. The highest BCUT2D eigenvalue weighted by Gasteiger charge is 2.47. The summed E-state index contributed by atoms with van der Waals surface area (Å²) in [6.07, 6.45) is 4.43. The van der Waals surface area contributed by atoms with Gasteiger partial charge in [-0.2, -0.15) is 4.98 Å². The van der Waals surface area contributed by atoms with Crippen LogP contribution < -0.4 is 5.32 Å². The topological polar surface area (TPSA) is 101 Å². The maximum atomic E-state index is 10.8. The van der Waals surface area contributed by atoms with Gasteiger partial charge in [0, 0.05) is 17.7 Å². The lowest BCUT2D eigenvalue weighted by Crippen LogP contribution is -2.34. The highest BCUT2D eigenvalue weighted by molar-refractivity contribution is 5.67. The first-order valence-electron chi connectivity index (χ1n) is 6.98. The van der Waals surface area contributed by atoms with Crippen LogP contribution in [0, 0.1) is 0 Å². The van der Waals surface area contributed by atoms with E-state index in [1.54, 1.807) is 6.20 Å². The minimum absolute atomic E-state index is 0.424. The van der Waals surface area contributed by atoms with Gasteiger partial charge in [0.1, 0.15) is 0 Å². The van der Waals surface area contributed by atoms with Gasteiger partial charge in [-0.05, 0) is 37.8 Å². The Bertz CT molecular complexity index is 686. The van der Waals surface area contributed by atoms with Crippen LogP contribution in [-0.4, -0.2) is 26.3 Å². The third-order valence-electron chi connectivity index (χ3n) is 3.98. The molecule has 2 aromatic rings. The molecule has 7 heteroatoms. The molecule has 0 spiro atoms. The molecule has 0 aliphatic heterocycles. The SMILES string of the molecule is O=C(O)NC1(c2ccc(-c3noc(C4CC4)n3)cn2)CC1. The Morgan fingerprint density at radius 3 is 2.76 bits per heavy atom.